The number of hydrogen-bond acceptors (Lipinski definition) is 3. The Kier molecular flexibility index (Phi) is 5.45. The van der Waals surface area contributed by atoms with Crippen LogP contribution in [0.5, 0.6) is 0 Å². The average molecular weight is 375 g/mol. The number of hydrogen-bond donors (Lipinski definition) is 0. The number of benzene rings is 2. The third-order valence-corrected chi connectivity index (χ3v) is 4.94. The number of aromatic nitrogens is 2. The summed E-state index contributed by atoms with van der Waals surface area (Å²) in [6.45, 7) is 7.70. The van der Waals surface area contributed by atoms with Gasteiger partial charge in [0.2, 0.25) is 0 Å². The Morgan fingerprint density at radius 2 is 1.71 bits per heavy atom. The zero-order valence-electron chi connectivity index (χ0n) is 16.9. The summed E-state index contributed by atoms with van der Waals surface area (Å²) in [5, 5.41) is 4.52. The summed E-state index contributed by atoms with van der Waals surface area (Å²) in [6, 6.07) is 16.3. The molecule has 0 aliphatic carbocycles. The summed E-state index contributed by atoms with van der Waals surface area (Å²) in [6.07, 6.45) is 0. The van der Waals surface area contributed by atoms with Crippen molar-refractivity contribution in [3.8, 4) is 11.3 Å². The Balaban J connectivity index is 1.97. The van der Waals surface area contributed by atoms with E-state index in [1.807, 2.05) is 63.2 Å². The van der Waals surface area contributed by atoms with Crippen molar-refractivity contribution in [2.75, 3.05) is 11.9 Å². The monoisotopic (exact) mass is 375 g/mol. The van der Waals surface area contributed by atoms with Crippen molar-refractivity contribution in [1.82, 2.24) is 9.78 Å². The molecular weight excluding hydrogens is 350 g/mol. The van der Waals surface area contributed by atoms with Crippen LogP contribution in [0.4, 0.5) is 5.69 Å². The summed E-state index contributed by atoms with van der Waals surface area (Å²) in [4.78, 5) is 27.0. The van der Waals surface area contributed by atoms with Crippen molar-refractivity contribution >= 4 is 11.6 Å². The molecular formula is C23H25N3O2. The van der Waals surface area contributed by atoms with Gasteiger partial charge in [0.15, 0.2) is 0 Å². The van der Waals surface area contributed by atoms with Crippen molar-refractivity contribution in [3.05, 3.63) is 81.6 Å². The zero-order chi connectivity index (χ0) is 20.4. The Morgan fingerprint density at radius 1 is 1.00 bits per heavy atom. The molecule has 28 heavy (non-hydrogen) atoms. The van der Waals surface area contributed by atoms with Crippen LogP contribution in [0.1, 0.15) is 29.7 Å². The van der Waals surface area contributed by atoms with Gasteiger partial charge in [-0.25, -0.2) is 4.68 Å². The van der Waals surface area contributed by atoms with E-state index in [1.54, 1.807) is 24.9 Å². The van der Waals surface area contributed by atoms with Gasteiger partial charge in [-0.05, 0) is 63.1 Å². The molecule has 5 nitrogen and oxygen atoms in total. The van der Waals surface area contributed by atoms with Crippen molar-refractivity contribution < 1.29 is 4.79 Å². The second-order valence-corrected chi connectivity index (χ2v) is 7.23. The Hall–Kier alpha value is -3.21. The van der Waals surface area contributed by atoms with E-state index in [9.17, 15) is 9.59 Å². The number of likely N-dealkylation sites (N-methyl/N-ethyl adjacent to an activating group) is 1. The maximum Gasteiger partial charge on any atom is 0.267 e. The molecule has 3 aromatic rings. The SMILES string of the molecule is Cc1cccc(N(C)C(=O)[C@@H](C)n2nc(-c3cc(C)ccc3C)ccc2=O)c1. The molecule has 0 aliphatic rings. The van der Waals surface area contributed by atoms with E-state index >= 15 is 0 Å². The molecule has 0 saturated carbocycles. The fourth-order valence-electron chi connectivity index (χ4n) is 3.21. The molecule has 0 bridgehead atoms. The summed E-state index contributed by atoms with van der Waals surface area (Å²) in [7, 11) is 1.72. The normalized spacial score (nSPS) is 11.9. The van der Waals surface area contributed by atoms with Crippen molar-refractivity contribution in [1.29, 1.82) is 0 Å². The van der Waals surface area contributed by atoms with Crippen molar-refractivity contribution in [2.24, 2.45) is 0 Å². The maximum absolute atomic E-state index is 13.0. The predicted octanol–water partition coefficient (Wildman–Crippen LogP) is 4.06. The van der Waals surface area contributed by atoms with Crippen LogP contribution in [-0.4, -0.2) is 22.7 Å². The van der Waals surface area contributed by atoms with Crippen molar-refractivity contribution in [3.63, 3.8) is 0 Å². The standard InChI is InChI=1S/C23H25N3O2/c1-15-7-6-8-19(13-15)25(5)23(28)18(4)26-22(27)12-11-21(24-26)20-14-16(2)9-10-17(20)3/h6-14,18H,1-5H3/t18-/m1/s1. The lowest BCUT2D eigenvalue weighted by Gasteiger charge is -2.23. The second kappa shape index (κ2) is 7.80. The number of anilines is 1. The van der Waals surface area contributed by atoms with Gasteiger partial charge in [0.25, 0.3) is 11.5 Å². The topological polar surface area (TPSA) is 55.2 Å². The first-order valence-electron chi connectivity index (χ1n) is 9.29. The third-order valence-electron chi connectivity index (χ3n) is 4.94. The molecule has 0 aliphatic heterocycles. The van der Waals surface area contributed by atoms with Gasteiger partial charge in [-0.1, -0.05) is 29.8 Å². The Morgan fingerprint density at radius 3 is 2.43 bits per heavy atom. The van der Waals surface area contributed by atoms with E-state index in [-0.39, 0.29) is 11.5 Å². The number of nitrogens with zero attached hydrogens (tertiary/aromatic N) is 3. The van der Waals surface area contributed by atoms with Crippen LogP contribution >= 0.6 is 0 Å². The fraction of sp³-hybridized carbons (Fsp3) is 0.261. The number of amides is 1. The van der Waals surface area contributed by atoms with E-state index in [1.165, 1.54) is 10.7 Å². The average Bonchev–Trinajstić information content (AvgIpc) is 2.68. The summed E-state index contributed by atoms with van der Waals surface area (Å²) >= 11 is 0. The van der Waals surface area contributed by atoms with Crippen LogP contribution < -0.4 is 10.5 Å². The lowest BCUT2D eigenvalue weighted by Crippen LogP contribution is -2.38. The van der Waals surface area contributed by atoms with Gasteiger partial charge in [-0.2, -0.15) is 5.10 Å². The summed E-state index contributed by atoms with van der Waals surface area (Å²) in [5.74, 6) is -0.196. The summed E-state index contributed by atoms with van der Waals surface area (Å²) in [5.41, 5.74) is 5.38. The van der Waals surface area contributed by atoms with Gasteiger partial charge in [-0.15, -0.1) is 0 Å². The first-order valence-corrected chi connectivity index (χ1v) is 9.29. The molecule has 2 aromatic carbocycles. The molecule has 0 N–H and O–H groups in total. The van der Waals surface area contributed by atoms with E-state index in [0.717, 1.165) is 27.9 Å². The highest BCUT2D eigenvalue weighted by Gasteiger charge is 2.23. The van der Waals surface area contributed by atoms with Crippen LogP contribution in [-0.2, 0) is 4.79 Å². The lowest BCUT2D eigenvalue weighted by molar-refractivity contribution is -0.121. The Bertz CT molecular complexity index is 1090. The van der Waals surface area contributed by atoms with Gasteiger partial charge in [0.05, 0.1) is 5.69 Å². The molecule has 0 unspecified atom stereocenters. The third kappa shape index (κ3) is 3.88. The van der Waals surface area contributed by atoms with Gasteiger partial charge in [0.1, 0.15) is 6.04 Å². The predicted molar refractivity (Wildman–Crippen MR) is 113 cm³/mol. The molecule has 1 aromatic heterocycles. The van der Waals surface area contributed by atoms with Crippen LogP contribution in [0.3, 0.4) is 0 Å². The molecule has 0 spiro atoms. The Labute approximate surface area is 165 Å². The molecule has 1 amide bonds. The highest BCUT2D eigenvalue weighted by molar-refractivity contribution is 5.95. The summed E-state index contributed by atoms with van der Waals surface area (Å²) < 4.78 is 1.27. The van der Waals surface area contributed by atoms with Gasteiger partial charge >= 0.3 is 0 Å². The molecule has 0 saturated heterocycles. The molecule has 1 atom stereocenters. The molecule has 0 radical (unpaired) electrons. The molecule has 0 fully saturated rings. The molecule has 5 heteroatoms. The molecule has 144 valence electrons. The molecule has 1 heterocycles. The van der Waals surface area contributed by atoms with Crippen LogP contribution in [0, 0.1) is 20.8 Å². The zero-order valence-corrected chi connectivity index (χ0v) is 16.9. The van der Waals surface area contributed by atoms with Gasteiger partial charge in [-0.3, -0.25) is 9.59 Å². The first kappa shape index (κ1) is 19.5. The van der Waals surface area contributed by atoms with E-state index < -0.39 is 6.04 Å². The quantitative estimate of drug-likeness (QED) is 0.691. The van der Waals surface area contributed by atoms with E-state index in [2.05, 4.69) is 5.10 Å². The van der Waals surface area contributed by atoms with E-state index in [0.29, 0.717) is 5.69 Å². The lowest BCUT2D eigenvalue weighted by atomic mass is 10.0. The highest BCUT2D eigenvalue weighted by Crippen LogP contribution is 2.23. The van der Waals surface area contributed by atoms with Crippen LogP contribution in [0.2, 0.25) is 0 Å². The number of carbonyl (C=O) groups excluding carboxylic acids is 1. The van der Waals surface area contributed by atoms with Gasteiger partial charge < -0.3 is 4.90 Å². The van der Waals surface area contributed by atoms with Crippen LogP contribution in [0.25, 0.3) is 11.3 Å². The largest absolute Gasteiger partial charge is 0.314 e. The fourth-order valence-corrected chi connectivity index (χ4v) is 3.21. The minimum atomic E-state index is -0.719. The first-order chi connectivity index (χ1) is 13.3. The minimum Gasteiger partial charge on any atom is -0.314 e. The number of rotatable bonds is 4. The van der Waals surface area contributed by atoms with Gasteiger partial charge in [0, 0.05) is 24.4 Å². The van der Waals surface area contributed by atoms with E-state index in [4.69, 9.17) is 0 Å². The maximum atomic E-state index is 13.0. The molecule has 3 rings (SSSR count). The highest BCUT2D eigenvalue weighted by atomic mass is 16.2. The smallest absolute Gasteiger partial charge is 0.267 e. The van der Waals surface area contributed by atoms with Crippen molar-refractivity contribution in [2.45, 2.75) is 33.7 Å². The minimum absolute atomic E-state index is 0.196. The second-order valence-electron chi connectivity index (χ2n) is 7.23. The van der Waals surface area contributed by atoms with Crippen LogP contribution in [0.15, 0.2) is 59.4 Å². The number of carbonyl (C=O) groups is 1. The number of aryl methyl sites for hydroxylation is 3.